The Kier molecular flexibility index (Phi) is 7.62. The van der Waals surface area contributed by atoms with Crippen molar-refractivity contribution >= 4 is 31.1 Å². The molecule has 1 unspecified atom stereocenters. The lowest BCUT2D eigenvalue weighted by molar-refractivity contribution is -0.182. The Labute approximate surface area is 114 Å². The monoisotopic (exact) mass is 290 g/mol. The summed E-state index contributed by atoms with van der Waals surface area (Å²) in [6.45, 7) is 11.9. The second kappa shape index (κ2) is 8.10. The molecular formula is C12H19ClO4Si. The zero-order valence-electron chi connectivity index (χ0n) is 11.0. The smallest absolute Gasteiger partial charge is 0.336 e. The van der Waals surface area contributed by atoms with Crippen LogP contribution in [-0.2, 0) is 19.1 Å². The minimum atomic E-state index is -1.32. The Morgan fingerprint density at radius 3 is 1.83 bits per heavy atom. The van der Waals surface area contributed by atoms with E-state index in [2.05, 4.69) is 13.2 Å². The largest absolute Gasteiger partial charge is 0.422 e. The number of carbonyl (C=O) groups is 2. The van der Waals surface area contributed by atoms with Gasteiger partial charge in [0.25, 0.3) is 0 Å². The third kappa shape index (κ3) is 7.29. The second-order valence-corrected chi connectivity index (χ2v) is 8.53. The molecule has 0 saturated heterocycles. The molecule has 0 saturated carbocycles. The van der Waals surface area contributed by atoms with E-state index in [0.29, 0.717) is 12.5 Å². The summed E-state index contributed by atoms with van der Waals surface area (Å²) >= 11 is 5.94. The van der Waals surface area contributed by atoms with E-state index in [0.717, 1.165) is 0 Å². The zero-order chi connectivity index (χ0) is 14.3. The lowest BCUT2D eigenvalue weighted by Crippen LogP contribution is -2.26. The Morgan fingerprint density at radius 1 is 1.17 bits per heavy atom. The molecule has 0 bridgehead atoms. The van der Waals surface area contributed by atoms with E-state index in [1.54, 1.807) is 0 Å². The molecule has 0 N–H and O–H groups in total. The lowest BCUT2D eigenvalue weighted by Gasteiger charge is -2.18. The van der Waals surface area contributed by atoms with E-state index >= 15 is 0 Å². The summed E-state index contributed by atoms with van der Waals surface area (Å²) in [5.74, 6) is -1.17. The summed E-state index contributed by atoms with van der Waals surface area (Å²) in [6, 6.07) is 0.694. The van der Waals surface area contributed by atoms with Crippen molar-refractivity contribution in [3.63, 3.8) is 0 Å². The normalized spacial score (nSPS) is 11.8. The first-order valence-corrected chi connectivity index (χ1v) is 9.32. The molecule has 102 valence electrons. The highest BCUT2D eigenvalue weighted by atomic mass is 35.6. The van der Waals surface area contributed by atoms with Gasteiger partial charge in [-0.15, -0.1) is 0 Å². The predicted octanol–water partition coefficient (Wildman–Crippen LogP) is 2.53. The average Bonchev–Trinajstić information content (AvgIpc) is 2.25. The van der Waals surface area contributed by atoms with Gasteiger partial charge in [0.1, 0.15) is 8.11 Å². The summed E-state index contributed by atoms with van der Waals surface area (Å²) in [6.07, 6.45) is -0.526. The van der Waals surface area contributed by atoms with Crippen molar-refractivity contribution in [3.05, 3.63) is 24.3 Å². The zero-order valence-corrected chi connectivity index (χ0v) is 12.9. The molecule has 0 rings (SSSR count). The molecule has 6 heteroatoms. The Morgan fingerprint density at radius 2 is 1.56 bits per heavy atom. The second-order valence-electron chi connectivity index (χ2n) is 4.16. The first-order chi connectivity index (χ1) is 8.23. The number of rotatable bonds is 7. The average molecular weight is 291 g/mol. The van der Waals surface area contributed by atoms with Crippen LogP contribution in [0.1, 0.15) is 20.3 Å². The quantitative estimate of drug-likeness (QED) is 0.238. The van der Waals surface area contributed by atoms with Crippen LogP contribution in [0.4, 0.5) is 0 Å². The number of esters is 2. The van der Waals surface area contributed by atoms with Crippen molar-refractivity contribution in [1.29, 1.82) is 0 Å². The SMILES string of the molecule is C=C(C)C(=O)OC(CC[SiH](C)Cl)OC(=O)C(=C)C. The fourth-order valence-electron chi connectivity index (χ4n) is 0.948. The summed E-state index contributed by atoms with van der Waals surface area (Å²) < 4.78 is 10.0. The number of hydrogen-bond acceptors (Lipinski definition) is 4. The number of halogens is 1. The van der Waals surface area contributed by atoms with Crippen molar-refractivity contribution in [3.8, 4) is 0 Å². The van der Waals surface area contributed by atoms with Gasteiger partial charge >= 0.3 is 11.9 Å². The van der Waals surface area contributed by atoms with Crippen LogP contribution in [0.3, 0.4) is 0 Å². The van der Waals surface area contributed by atoms with E-state index < -0.39 is 26.3 Å². The van der Waals surface area contributed by atoms with Crippen LogP contribution >= 0.6 is 11.1 Å². The highest BCUT2D eigenvalue weighted by molar-refractivity contribution is 7.06. The van der Waals surface area contributed by atoms with Crippen molar-refractivity contribution in [2.24, 2.45) is 0 Å². The standard InChI is InChI=1S/C12H19ClO4Si/c1-8(2)11(14)16-10(6-7-18(5)13)17-12(15)9(3)4/h10,18H,1,3,6-7H2,2,4-5H3. The molecule has 0 amide bonds. The van der Waals surface area contributed by atoms with Gasteiger partial charge in [0.05, 0.1) is 0 Å². The minimum absolute atomic E-state index is 0.252. The Balaban J connectivity index is 4.51. The number of carbonyl (C=O) groups excluding carboxylic acids is 2. The summed E-state index contributed by atoms with van der Waals surface area (Å²) in [7, 11) is -1.32. The molecule has 18 heavy (non-hydrogen) atoms. The van der Waals surface area contributed by atoms with Crippen molar-refractivity contribution in [2.45, 2.75) is 39.1 Å². The van der Waals surface area contributed by atoms with Crippen molar-refractivity contribution < 1.29 is 19.1 Å². The van der Waals surface area contributed by atoms with Gasteiger partial charge in [0, 0.05) is 17.6 Å². The van der Waals surface area contributed by atoms with Gasteiger partial charge in [0.15, 0.2) is 0 Å². The molecule has 0 aromatic heterocycles. The van der Waals surface area contributed by atoms with Gasteiger partial charge in [0.2, 0.25) is 6.29 Å². The number of hydrogen-bond donors (Lipinski definition) is 0. The van der Waals surface area contributed by atoms with Gasteiger partial charge in [-0.2, -0.15) is 11.1 Å². The van der Waals surface area contributed by atoms with Gasteiger partial charge in [-0.05, 0) is 19.9 Å². The molecule has 0 spiro atoms. The van der Waals surface area contributed by atoms with E-state index in [1.807, 2.05) is 6.55 Å². The molecule has 0 aromatic rings. The van der Waals surface area contributed by atoms with Gasteiger partial charge in [-0.1, -0.05) is 19.7 Å². The fourth-order valence-corrected chi connectivity index (χ4v) is 2.06. The maximum absolute atomic E-state index is 11.4. The van der Waals surface area contributed by atoms with Crippen LogP contribution < -0.4 is 0 Å². The summed E-state index contributed by atoms with van der Waals surface area (Å²) in [4.78, 5) is 22.8. The molecule has 0 aliphatic carbocycles. The fraction of sp³-hybridized carbons (Fsp3) is 0.500. The summed E-state index contributed by atoms with van der Waals surface area (Å²) in [5.41, 5.74) is 0.505. The molecule has 0 aromatic carbocycles. The molecule has 0 radical (unpaired) electrons. The van der Waals surface area contributed by atoms with Crippen LogP contribution in [0.5, 0.6) is 0 Å². The van der Waals surface area contributed by atoms with E-state index in [9.17, 15) is 9.59 Å². The van der Waals surface area contributed by atoms with Crippen LogP contribution in [0, 0.1) is 0 Å². The predicted molar refractivity (Wildman–Crippen MR) is 73.9 cm³/mol. The van der Waals surface area contributed by atoms with Gasteiger partial charge in [-0.25, -0.2) is 9.59 Å². The lowest BCUT2D eigenvalue weighted by atomic mass is 10.3. The first-order valence-electron chi connectivity index (χ1n) is 5.61. The Hall–Kier alpha value is -1.07. The highest BCUT2D eigenvalue weighted by Crippen LogP contribution is 2.13. The van der Waals surface area contributed by atoms with Crippen LogP contribution in [0.25, 0.3) is 0 Å². The topological polar surface area (TPSA) is 52.6 Å². The highest BCUT2D eigenvalue weighted by Gasteiger charge is 2.20. The molecule has 0 aliphatic rings. The van der Waals surface area contributed by atoms with Crippen molar-refractivity contribution in [2.75, 3.05) is 0 Å². The van der Waals surface area contributed by atoms with Crippen molar-refractivity contribution in [1.82, 2.24) is 0 Å². The Bertz CT molecular complexity index is 324. The number of ether oxygens (including phenoxy) is 2. The molecule has 0 fully saturated rings. The molecule has 0 aliphatic heterocycles. The third-order valence-corrected chi connectivity index (χ3v) is 3.76. The third-order valence-electron chi connectivity index (χ3n) is 1.97. The van der Waals surface area contributed by atoms with Gasteiger partial charge in [-0.3, -0.25) is 0 Å². The maximum Gasteiger partial charge on any atom is 0.336 e. The van der Waals surface area contributed by atoms with Crippen LogP contribution in [-0.4, -0.2) is 26.3 Å². The molecular weight excluding hydrogens is 272 g/mol. The first kappa shape index (κ1) is 16.9. The molecule has 0 heterocycles. The van der Waals surface area contributed by atoms with Crippen LogP contribution in [0.15, 0.2) is 24.3 Å². The van der Waals surface area contributed by atoms with Gasteiger partial charge < -0.3 is 9.47 Å². The summed E-state index contributed by atoms with van der Waals surface area (Å²) in [5, 5.41) is 0. The maximum atomic E-state index is 11.4. The van der Waals surface area contributed by atoms with E-state index in [1.165, 1.54) is 13.8 Å². The van der Waals surface area contributed by atoms with E-state index in [-0.39, 0.29) is 11.1 Å². The van der Waals surface area contributed by atoms with Crippen LogP contribution in [0.2, 0.25) is 12.6 Å². The molecule has 1 atom stereocenters. The molecule has 4 nitrogen and oxygen atoms in total. The minimum Gasteiger partial charge on any atom is -0.422 e. The van der Waals surface area contributed by atoms with E-state index in [4.69, 9.17) is 20.6 Å².